The predicted molar refractivity (Wildman–Crippen MR) is 193 cm³/mol. The van der Waals surface area contributed by atoms with Gasteiger partial charge in [0.1, 0.15) is 17.8 Å². The molecule has 0 radical (unpaired) electrons. The van der Waals surface area contributed by atoms with Gasteiger partial charge in [0, 0.05) is 36.4 Å². The Balaban J connectivity index is 1.21. The summed E-state index contributed by atoms with van der Waals surface area (Å²) in [6.07, 6.45) is 20.2. The van der Waals surface area contributed by atoms with Crippen LogP contribution in [0.2, 0.25) is 0 Å². The summed E-state index contributed by atoms with van der Waals surface area (Å²) in [4.78, 5) is 26.2. The van der Waals surface area contributed by atoms with Crippen LogP contribution >= 0.6 is 15.9 Å². The van der Waals surface area contributed by atoms with Crippen LogP contribution in [0.3, 0.4) is 0 Å². The molecule has 0 atom stereocenters. The molecule has 0 bridgehead atoms. The summed E-state index contributed by atoms with van der Waals surface area (Å²) in [6.45, 7) is 3.95. The molecule has 2 heterocycles. The van der Waals surface area contributed by atoms with Crippen molar-refractivity contribution in [1.29, 1.82) is 0 Å². The van der Waals surface area contributed by atoms with Crippen LogP contribution < -0.4 is 20.1 Å². The van der Waals surface area contributed by atoms with E-state index >= 15 is 0 Å². The van der Waals surface area contributed by atoms with E-state index in [1.165, 1.54) is 62.6 Å². The summed E-state index contributed by atoms with van der Waals surface area (Å²) in [6, 6.07) is 8.44. The lowest BCUT2D eigenvalue weighted by Gasteiger charge is -2.25. The summed E-state index contributed by atoms with van der Waals surface area (Å²) in [5.74, 6) is 2.87. The number of carbonyl (C=O) groups excluding carboxylic acids is 2. The Labute approximate surface area is 288 Å². The topological polar surface area (TPSA) is 79.9 Å². The fourth-order valence-corrected chi connectivity index (χ4v) is 7.75. The maximum Gasteiger partial charge on any atom is 0.224 e. The number of nitrogens with one attached hydrogen (secondary N) is 2. The molecule has 0 saturated heterocycles. The summed E-state index contributed by atoms with van der Waals surface area (Å²) in [5.41, 5.74) is 7.94. The molecule has 1 amide bonds. The van der Waals surface area contributed by atoms with Crippen LogP contribution in [0, 0.1) is 11.8 Å². The van der Waals surface area contributed by atoms with Crippen LogP contribution in [0.4, 0.5) is 11.4 Å². The molecular formula is C39H48BrN3O4. The maximum absolute atomic E-state index is 12.3. The number of nitrogens with zero attached hydrogens (tertiary/aromatic N) is 1. The molecule has 7 nitrogen and oxygen atoms in total. The predicted octanol–water partition coefficient (Wildman–Crippen LogP) is 8.83. The lowest BCUT2D eigenvalue weighted by molar-refractivity contribution is -0.116. The SMILES string of the molecule is C/C(C=O)=C/C(=C\N(C)C/C=C1/CCc2cc(Br)cc(OCC3CCCC3)c2N1)c1cc2c(c(OCC3CCCC3)c1)NC(=O)CC2. The normalized spacial score (nSPS) is 19.6. The smallest absolute Gasteiger partial charge is 0.224 e. The highest BCUT2D eigenvalue weighted by Gasteiger charge is 2.24. The minimum Gasteiger partial charge on any atom is -0.491 e. The van der Waals surface area contributed by atoms with Gasteiger partial charge in [-0.3, -0.25) is 9.59 Å². The number of likely N-dealkylation sites (N-methyl/N-ethyl adjacent to an activating group) is 1. The molecule has 4 aliphatic rings. The molecule has 2 N–H and O–H groups in total. The first-order valence-electron chi connectivity index (χ1n) is 17.4. The second-order valence-electron chi connectivity index (χ2n) is 13.8. The zero-order valence-corrected chi connectivity index (χ0v) is 29.4. The number of hydrogen-bond donors (Lipinski definition) is 2. The first kappa shape index (κ1) is 33.4. The van der Waals surface area contributed by atoms with Crippen LogP contribution in [-0.2, 0) is 22.4 Å². The van der Waals surface area contributed by atoms with Gasteiger partial charge >= 0.3 is 0 Å². The number of benzene rings is 2. The third-order valence-corrected chi connectivity index (χ3v) is 10.4. The minimum atomic E-state index is 0.0234. The highest BCUT2D eigenvalue weighted by atomic mass is 79.9. The van der Waals surface area contributed by atoms with Crippen molar-refractivity contribution in [3.05, 3.63) is 75.1 Å². The minimum absolute atomic E-state index is 0.0234. The Bertz CT molecular complexity index is 1570. The quantitative estimate of drug-likeness (QED) is 0.131. The number of aryl methyl sites for hydroxylation is 2. The number of ether oxygens (including phenoxy) is 2. The van der Waals surface area contributed by atoms with Gasteiger partial charge in [0.2, 0.25) is 5.91 Å². The molecule has 8 heteroatoms. The van der Waals surface area contributed by atoms with Gasteiger partial charge in [-0.1, -0.05) is 41.6 Å². The van der Waals surface area contributed by atoms with Crippen molar-refractivity contribution < 1.29 is 19.1 Å². The lowest BCUT2D eigenvalue weighted by Crippen LogP contribution is -2.21. The molecule has 2 fully saturated rings. The Hall–Kier alpha value is -3.52. The van der Waals surface area contributed by atoms with Gasteiger partial charge in [-0.25, -0.2) is 0 Å². The first-order chi connectivity index (χ1) is 22.8. The van der Waals surface area contributed by atoms with E-state index in [9.17, 15) is 9.59 Å². The van der Waals surface area contributed by atoms with Gasteiger partial charge < -0.3 is 25.0 Å². The number of anilines is 2. The first-order valence-corrected chi connectivity index (χ1v) is 18.2. The summed E-state index contributed by atoms with van der Waals surface area (Å²) >= 11 is 3.69. The second-order valence-corrected chi connectivity index (χ2v) is 14.7. The zero-order valence-electron chi connectivity index (χ0n) is 27.8. The second kappa shape index (κ2) is 15.6. The molecule has 0 spiro atoms. The van der Waals surface area contributed by atoms with Gasteiger partial charge in [0.15, 0.2) is 0 Å². The zero-order chi connectivity index (χ0) is 32.8. The van der Waals surface area contributed by atoms with Crippen LogP contribution in [0.1, 0.15) is 87.8 Å². The molecule has 2 aliphatic carbocycles. The van der Waals surface area contributed by atoms with E-state index in [-0.39, 0.29) is 5.91 Å². The molecule has 47 heavy (non-hydrogen) atoms. The Morgan fingerprint density at radius 1 is 0.872 bits per heavy atom. The van der Waals surface area contributed by atoms with Crippen molar-refractivity contribution in [2.24, 2.45) is 11.8 Å². The van der Waals surface area contributed by atoms with Crippen molar-refractivity contribution >= 4 is 45.1 Å². The van der Waals surface area contributed by atoms with Gasteiger partial charge in [-0.2, -0.15) is 0 Å². The van der Waals surface area contributed by atoms with E-state index in [0.29, 0.717) is 49.2 Å². The van der Waals surface area contributed by atoms with Crippen LogP contribution in [0.5, 0.6) is 11.5 Å². The highest BCUT2D eigenvalue weighted by Crippen LogP contribution is 2.40. The van der Waals surface area contributed by atoms with E-state index in [0.717, 1.165) is 64.0 Å². The number of hydrogen-bond acceptors (Lipinski definition) is 6. The van der Waals surface area contributed by atoms with E-state index in [1.54, 1.807) is 0 Å². The largest absolute Gasteiger partial charge is 0.491 e. The third kappa shape index (κ3) is 8.69. The maximum atomic E-state index is 12.3. The molecule has 2 saturated carbocycles. The number of allylic oxidation sites excluding steroid dienone is 4. The summed E-state index contributed by atoms with van der Waals surface area (Å²) in [5, 5.41) is 6.75. The molecule has 2 aromatic carbocycles. The Morgan fingerprint density at radius 2 is 1.49 bits per heavy atom. The highest BCUT2D eigenvalue weighted by molar-refractivity contribution is 9.10. The van der Waals surface area contributed by atoms with Gasteiger partial charge in [-0.05, 0) is 128 Å². The fraction of sp³-hybridized carbons (Fsp3) is 0.487. The van der Waals surface area contributed by atoms with Crippen molar-refractivity contribution in [2.75, 3.05) is 37.4 Å². The van der Waals surface area contributed by atoms with Crippen molar-refractivity contribution in [2.45, 2.75) is 84.0 Å². The van der Waals surface area contributed by atoms with E-state index in [1.807, 2.05) is 19.1 Å². The number of aldehydes is 1. The number of rotatable bonds is 12. The number of halogens is 1. The van der Waals surface area contributed by atoms with Crippen molar-refractivity contribution in [3.8, 4) is 11.5 Å². The summed E-state index contributed by atoms with van der Waals surface area (Å²) < 4.78 is 13.8. The molecule has 6 rings (SSSR count). The van der Waals surface area contributed by atoms with Crippen molar-refractivity contribution in [1.82, 2.24) is 4.90 Å². The molecule has 250 valence electrons. The average Bonchev–Trinajstić information content (AvgIpc) is 3.80. The standard InChI is InChI=1S/C39H48BrN3O4/c1-26(23-44)17-32(31-18-29-12-14-37(45)42-39(29)35(20-31)46-24-27-7-3-4-8-27)22-43(2)16-15-34-13-11-30-19-33(40)21-36(38(30)41-34)47-25-28-9-5-6-10-28/h15,17-23,27-28,41H,3-14,16,24-25H2,1-2H3,(H,42,45)/b26-17-,32-22+,34-15-. The van der Waals surface area contributed by atoms with E-state index in [4.69, 9.17) is 9.47 Å². The van der Waals surface area contributed by atoms with Crippen LogP contribution in [0.15, 0.2) is 58.4 Å². The molecule has 2 aliphatic heterocycles. The fourth-order valence-electron chi connectivity index (χ4n) is 7.27. The lowest BCUT2D eigenvalue weighted by atomic mass is 9.95. The van der Waals surface area contributed by atoms with Crippen LogP contribution in [0.25, 0.3) is 5.57 Å². The van der Waals surface area contributed by atoms with E-state index < -0.39 is 0 Å². The van der Waals surface area contributed by atoms with Gasteiger partial charge in [-0.15, -0.1) is 0 Å². The van der Waals surface area contributed by atoms with Gasteiger partial charge in [0.05, 0.1) is 24.6 Å². The molecule has 0 aromatic heterocycles. The molecular weight excluding hydrogens is 654 g/mol. The number of carbonyl (C=O) groups is 2. The van der Waals surface area contributed by atoms with Crippen molar-refractivity contribution in [3.63, 3.8) is 0 Å². The molecule has 0 unspecified atom stereocenters. The Kier molecular flexibility index (Phi) is 11.1. The van der Waals surface area contributed by atoms with Crippen LogP contribution in [-0.4, -0.2) is 43.9 Å². The third-order valence-electron chi connectivity index (χ3n) is 9.95. The Morgan fingerprint density at radius 3 is 2.17 bits per heavy atom. The van der Waals surface area contributed by atoms with Gasteiger partial charge in [0.25, 0.3) is 0 Å². The monoisotopic (exact) mass is 701 g/mol. The average molecular weight is 703 g/mol. The molecule has 2 aromatic rings. The number of fused-ring (bicyclic) bond motifs is 2. The number of amides is 1. The van der Waals surface area contributed by atoms with E-state index in [2.05, 4.69) is 69.0 Å². The summed E-state index contributed by atoms with van der Waals surface area (Å²) in [7, 11) is 2.06.